The predicted molar refractivity (Wildman–Crippen MR) is 107 cm³/mol. The number of hydrogen-bond acceptors (Lipinski definition) is 4. The normalized spacial score (nSPS) is 16.8. The highest BCUT2D eigenvalue weighted by Crippen LogP contribution is 2.35. The topological polar surface area (TPSA) is 87.5 Å². The van der Waals surface area contributed by atoms with Crippen LogP contribution in [-0.4, -0.2) is 28.5 Å². The maximum atomic E-state index is 13.1. The van der Waals surface area contributed by atoms with Gasteiger partial charge in [0.15, 0.2) is 5.82 Å². The number of urea groups is 1. The van der Waals surface area contributed by atoms with Gasteiger partial charge >= 0.3 is 6.03 Å². The fraction of sp³-hybridized carbons (Fsp3) is 0.211. The van der Waals surface area contributed by atoms with Crippen molar-refractivity contribution in [3.05, 3.63) is 69.6 Å². The first-order valence-electron chi connectivity index (χ1n) is 8.41. The summed E-state index contributed by atoms with van der Waals surface area (Å²) < 4.78 is 4.99. The number of aromatic nitrogens is 1. The van der Waals surface area contributed by atoms with E-state index in [1.54, 1.807) is 44.2 Å². The fourth-order valence-corrected chi connectivity index (χ4v) is 3.52. The van der Waals surface area contributed by atoms with Gasteiger partial charge in [0.1, 0.15) is 5.76 Å². The third-order valence-electron chi connectivity index (χ3n) is 4.30. The molecule has 0 saturated carbocycles. The molecule has 1 aliphatic rings. The molecule has 0 fully saturated rings. The maximum absolute atomic E-state index is 13.1. The first-order chi connectivity index (χ1) is 13.3. The van der Waals surface area contributed by atoms with Gasteiger partial charge < -0.3 is 15.2 Å². The Balaban J connectivity index is 2.07. The second-order valence-corrected chi connectivity index (χ2v) is 7.07. The summed E-state index contributed by atoms with van der Waals surface area (Å²) in [5.74, 6) is 0.398. The molecule has 2 heterocycles. The predicted octanol–water partition coefficient (Wildman–Crippen LogP) is 4.45. The van der Waals surface area contributed by atoms with Crippen molar-refractivity contribution in [3.63, 3.8) is 0 Å². The number of aryl methyl sites for hydroxylation is 1. The second kappa shape index (κ2) is 8.08. The molecular formula is C19H18Cl2N4O3. The van der Waals surface area contributed by atoms with Crippen LogP contribution in [0, 0.1) is 6.92 Å². The molecule has 1 aliphatic heterocycles. The minimum atomic E-state index is -0.758. The standard InChI is InChI=1S/C19H18Cl2N4O3/c1-4-7-25-11(3)16(18(26)22-15-8-10(2)28-24-15)17(23-19(25)27)13-6-5-12(20)9-14(13)21/h4-6,8-9,17H,1,7H2,2-3H3,(H,23,27)(H,22,24,26)/t17-/m0/s1. The molecule has 3 amide bonds. The van der Waals surface area contributed by atoms with Gasteiger partial charge in [-0.25, -0.2) is 4.79 Å². The van der Waals surface area contributed by atoms with Crippen molar-refractivity contribution in [2.45, 2.75) is 19.9 Å². The zero-order valence-electron chi connectivity index (χ0n) is 15.3. The number of hydrogen-bond donors (Lipinski definition) is 2. The van der Waals surface area contributed by atoms with Crippen LogP contribution in [0.5, 0.6) is 0 Å². The van der Waals surface area contributed by atoms with Crippen LogP contribution in [0.3, 0.4) is 0 Å². The van der Waals surface area contributed by atoms with Gasteiger partial charge in [-0.1, -0.05) is 40.5 Å². The van der Waals surface area contributed by atoms with Crippen molar-refractivity contribution in [3.8, 4) is 0 Å². The molecule has 146 valence electrons. The fourth-order valence-electron chi connectivity index (χ4n) is 3.00. The lowest BCUT2D eigenvalue weighted by Crippen LogP contribution is -2.48. The van der Waals surface area contributed by atoms with E-state index in [1.807, 2.05) is 0 Å². The van der Waals surface area contributed by atoms with Crippen molar-refractivity contribution in [1.82, 2.24) is 15.4 Å². The van der Waals surface area contributed by atoms with Gasteiger partial charge in [-0.05, 0) is 31.5 Å². The molecule has 28 heavy (non-hydrogen) atoms. The molecule has 7 nitrogen and oxygen atoms in total. The van der Waals surface area contributed by atoms with E-state index in [-0.39, 0.29) is 18.4 Å². The Morgan fingerprint density at radius 2 is 2.14 bits per heavy atom. The monoisotopic (exact) mass is 420 g/mol. The molecule has 1 atom stereocenters. The molecular weight excluding hydrogens is 403 g/mol. The van der Waals surface area contributed by atoms with E-state index in [1.165, 1.54) is 4.90 Å². The summed E-state index contributed by atoms with van der Waals surface area (Å²) in [7, 11) is 0. The highest BCUT2D eigenvalue weighted by Gasteiger charge is 2.36. The first kappa shape index (κ1) is 20.0. The van der Waals surface area contributed by atoms with Crippen molar-refractivity contribution >= 4 is 41.0 Å². The van der Waals surface area contributed by atoms with Crippen molar-refractivity contribution in [2.24, 2.45) is 0 Å². The van der Waals surface area contributed by atoms with E-state index in [0.29, 0.717) is 32.6 Å². The highest BCUT2D eigenvalue weighted by molar-refractivity contribution is 6.35. The van der Waals surface area contributed by atoms with Gasteiger partial charge in [0.25, 0.3) is 5.91 Å². The van der Waals surface area contributed by atoms with Gasteiger partial charge in [0.2, 0.25) is 0 Å². The van der Waals surface area contributed by atoms with Gasteiger partial charge in [0.05, 0.1) is 11.6 Å². The lowest BCUT2D eigenvalue weighted by atomic mass is 9.94. The molecule has 0 unspecified atom stereocenters. The second-order valence-electron chi connectivity index (χ2n) is 6.22. The van der Waals surface area contributed by atoms with Crippen LogP contribution in [0.1, 0.15) is 24.3 Å². The number of benzene rings is 1. The van der Waals surface area contributed by atoms with Gasteiger partial charge in [-0.15, -0.1) is 6.58 Å². The zero-order chi connectivity index (χ0) is 20.4. The van der Waals surface area contributed by atoms with Crippen molar-refractivity contribution in [1.29, 1.82) is 0 Å². The first-order valence-corrected chi connectivity index (χ1v) is 9.16. The Hall–Kier alpha value is -2.77. The minimum absolute atomic E-state index is 0.249. The summed E-state index contributed by atoms with van der Waals surface area (Å²) in [6.45, 7) is 7.33. The maximum Gasteiger partial charge on any atom is 0.322 e. The van der Waals surface area contributed by atoms with Crippen LogP contribution in [-0.2, 0) is 4.79 Å². The molecule has 0 saturated heterocycles. The molecule has 2 N–H and O–H groups in total. The number of nitrogens with zero attached hydrogens (tertiary/aromatic N) is 2. The third-order valence-corrected chi connectivity index (χ3v) is 4.86. The molecule has 0 aliphatic carbocycles. The van der Waals surface area contributed by atoms with Crippen LogP contribution in [0.25, 0.3) is 0 Å². The van der Waals surface area contributed by atoms with Crippen LogP contribution in [0.15, 0.2) is 52.7 Å². The number of amides is 3. The Kier molecular flexibility index (Phi) is 5.76. The summed E-state index contributed by atoms with van der Waals surface area (Å²) in [6, 6.07) is 5.37. The Bertz CT molecular complexity index is 983. The molecule has 9 heteroatoms. The summed E-state index contributed by atoms with van der Waals surface area (Å²) >= 11 is 12.3. The van der Waals surface area contributed by atoms with Crippen LogP contribution < -0.4 is 10.6 Å². The average Bonchev–Trinajstić information content (AvgIpc) is 3.02. The molecule has 3 rings (SSSR count). The van der Waals surface area contributed by atoms with Crippen LogP contribution in [0.4, 0.5) is 10.6 Å². The molecule has 0 spiro atoms. The SMILES string of the molecule is C=CCN1C(=O)N[C@@H](c2ccc(Cl)cc2Cl)C(C(=O)Nc2cc(C)on2)=C1C. The van der Waals surface area contributed by atoms with E-state index >= 15 is 0 Å². The smallest absolute Gasteiger partial charge is 0.322 e. The molecule has 2 aromatic rings. The lowest BCUT2D eigenvalue weighted by molar-refractivity contribution is -0.113. The Morgan fingerprint density at radius 3 is 2.75 bits per heavy atom. The lowest BCUT2D eigenvalue weighted by Gasteiger charge is -2.35. The Labute approximate surface area is 172 Å². The average molecular weight is 421 g/mol. The number of carbonyl (C=O) groups excluding carboxylic acids is 2. The number of allylic oxidation sites excluding steroid dienone is 1. The Morgan fingerprint density at radius 1 is 1.39 bits per heavy atom. The molecule has 0 radical (unpaired) electrons. The van der Waals surface area contributed by atoms with Gasteiger partial charge in [-0.3, -0.25) is 9.69 Å². The quantitative estimate of drug-likeness (QED) is 0.699. The van der Waals surface area contributed by atoms with Gasteiger partial charge in [-0.2, -0.15) is 0 Å². The summed E-state index contributed by atoms with van der Waals surface area (Å²) in [5, 5.41) is 10.1. The van der Waals surface area contributed by atoms with Crippen LogP contribution >= 0.6 is 23.2 Å². The van der Waals surface area contributed by atoms with E-state index in [0.717, 1.165) is 0 Å². The number of rotatable bonds is 5. The summed E-state index contributed by atoms with van der Waals surface area (Å²) in [4.78, 5) is 27.1. The number of carbonyl (C=O) groups is 2. The largest absolute Gasteiger partial charge is 0.360 e. The summed E-state index contributed by atoms with van der Waals surface area (Å²) in [5.41, 5.74) is 1.36. The molecule has 1 aromatic carbocycles. The number of halogens is 2. The molecule has 0 bridgehead atoms. The van der Waals surface area contributed by atoms with E-state index in [4.69, 9.17) is 27.7 Å². The van der Waals surface area contributed by atoms with Crippen molar-refractivity contribution < 1.29 is 14.1 Å². The van der Waals surface area contributed by atoms with Gasteiger partial charge in [0, 0.05) is 28.4 Å². The summed E-state index contributed by atoms with van der Waals surface area (Å²) in [6.07, 6.45) is 1.58. The van der Waals surface area contributed by atoms with Crippen molar-refractivity contribution in [2.75, 3.05) is 11.9 Å². The van der Waals surface area contributed by atoms with Crippen LogP contribution in [0.2, 0.25) is 10.0 Å². The zero-order valence-corrected chi connectivity index (χ0v) is 16.8. The number of nitrogens with one attached hydrogen (secondary N) is 2. The minimum Gasteiger partial charge on any atom is -0.360 e. The third kappa shape index (κ3) is 3.90. The van der Waals surface area contributed by atoms with E-state index in [2.05, 4.69) is 22.4 Å². The number of anilines is 1. The van der Waals surface area contributed by atoms with E-state index < -0.39 is 11.9 Å². The molecule has 1 aromatic heterocycles. The highest BCUT2D eigenvalue weighted by atomic mass is 35.5. The van der Waals surface area contributed by atoms with E-state index in [9.17, 15) is 9.59 Å².